The molecule has 1 aromatic heterocycles. The number of hydrogen-bond donors (Lipinski definition) is 3. The molecule has 1 aliphatic rings. The largest absolute Gasteiger partial charge is 0.396 e. The molecular weight excluding hydrogens is 260 g/mol. The van der Waals surface area contributed by atoms with Crippen LogP contribution in [-0.2, 0) is 11.2 Å². The molecule has 0 aromatic carbocycles. The van der Waals surface area contributed by atoms with Crippen LogP contribution in [0.5, 0.6) is 0 Å². The minimum absolute atomic E-state index is 0.0351. The average Bonchev–Trinajstić information content (AvgIpc) is 2.91. The number of aliphatic hydroxyl groups is 2. The Hall–Kier alpha value is -1.40. The topological polar surface area (TPSA) is 95.6 Å². The smallest absolute Gasteiger partial charge is 0.220 e. The molecule has 3 atom stereocenters. The second-order valence-corrected chi connectivity index (χ2v) is 5.55. The quantitative estimate of drug-likeness (QED) is 0.729. The van der Waals surface area contributed by atoms with Crippen LogP contribution in [0.2, 0.25) is 0 Å². The first kappa shape index (κ1) is 15.0. The van der Waals surface area contributed by atoms with Crippen molar-refractivity contribution in [2.24, 2.45) is 5.92 Å². The zero-order valence-corrected chi connectivity index (χ0v) is 11.9. The molecule has 1 fully saturated rings. The van der Waals surface area contributed by atoms with E-state index in [-0.39, 0.29) is 24.5 Å². The summed E-state index contributed by atoms with van der Waals surface area (Å²) in [6.07, 6.45) is 1.61. The molecule has 6 heteroatoms. The minimum Gasteiger partial charge on any atom is -0.396 e. The summed E-state index contributed by atoms with van der Waals surface area (Å²) in [6, 6.07) is -0.0423. The maximum atomic E-state index is 11.9. The molecule has 0 saturated heterocycles. The fourth-order valence-electron chi connectivity index (χ4n) is 2.81. The standard InChI is InChI=1S/C14H22N2O4/c1-8-12(9(2)20-16-8)3-4-14(19)15-11-5-10(7-17)13(18)6-11/h10-11,13,17-18H,3-7H2,1-2H3,(H,15,19)/t10-,11-,13+/m0/s1. The van der Waals surface area contributed by atoms with E-state index in [4.69, 9.17) is 9.63 Å². The highest BCUT2D eigenvalue weighted by atomic mass is 16.5. The van der Waals surface area contributed by atoms with Crippen molar-refractivity contribution in [2.75, 3.05) is 6.61 Å². The van der Waals surface area contributed by atoms with Gasteiger partial charge in [-0.25, -0.2) is 0 Å². The van der Waals surface area contributed by atoms with Crippen molar-refractivity contribution < 1.29 is 19.5 Å². The van der Waals surface area contributed by atoms with Gasteiger partial charge >= 0.3 is 0 Å². The summed E-state index contributed by atoms with van der Waals surface area (Å²) in [5, 5.41) is 25.6. The van der Waals surface area contributed by atoms with E-state index in [9.17, 15) is 9.90 Å². The van der Waals surface area contributed by atoms with Crippen LogP contribution >= 0.6 is 0 Å². The molecule has 1 heterocycles. The van der Waals surface area contributed by atoms with Gasteiger partial charge in [0.1, 0.15) is 5.76 Å². The van der Waals surface area contributed by atoms with E-state index in [1.54, 1.807) is 0 Å². The molecule has 1 amide bonds. The summed E-state index contributed by atoms with van der Waals surface area (Å²) >= 11 is 0. The predicted molar refractivity (Wildman–Crippen MR) is 72.0 cm³/mol. The van der Waals surface area contributed by atoms with Crippen LogP contribution < -0.4 is 5.32 Å². The summed E-state index contributed by atoms with van der Waals surface area (Å²) in [6.45, 7) is 3.67. The normalized spacial score (nSPS) is 25.9. The Morgan fingerprint density at radius 1 is 1.45 bits per heavy atom. The van der Waals surface area contributed by atoms with Gasteiger partial charge in [0, 0.05) is 30.6 Å². The highest BCUT2D eigenvalue weighted by molar-refractivity contribution is 5.76. The molecule has 3 N–H and O–H groups in total. The molecule has 0 bridgehead atoms. The van der Waals surface area contributed by atoms with E-state index < -0.39 is 6.10 Å². The lowest BCUT2D eigenvalue weighted by Crippen LogP contribution is -2.33. The Labute approximate surface area is 118 Å². The van der Waals surface area contributed by atoms with Crippen LogP contribution in [0.3, 0.4) is 0 Å². The van der Waals surface area contributed by atoms with Crippen LogP contribution in [-0.4, -0.2) is 40.0 Å². The second kappa shape index (κ2) is 6.37. The summed E-state index contributed by atoms with van der Waals surface area (Å²) < 4.78 is 5.06. The van der Waals surface area contributed by atoms with Crippen LogP contribution in [0.25, 0.3) is 0 Å². The van der Waals surface area contributed by atoms with E-state index in [0.29, 0.717) is 25.7 Å². The number of aromatic nitrogens is 1. The molecule has 1 aliphatic carbocycles. The first-order valence-corrected chi connectivity index (χ1v) is 7.01. The van der Waals surface area contributed by atoms with E-state index in [2.05, 4.69) is 10.5 Å². The van der Waals surface area contributed by atoms with Crippen LogP contribution in [0.15, 0.2) is 4.52 Å². The fourth-order valence-corrected chi connectivity index (χ4v) is 2.81. The van der Waals surface area contributed by atoms with Gasteiger partial charge in [-0.05, 0) is 33.1 Å². The molecule has 0 radical (unpaired) electrons. The molecule has 20 heavy (non-hydrogen) atoms. The van der Waals surface area contributed by atoms with Crippen molar-refractivity contribution >= 4 is 5.91 Å². The number of carbonyl (C=O) groups is 1. The fraction of sp³-hybridized carbons (Fsp3) is 0.714. The zero-order valence-electron chi connectivity index (χ0n) is 11.9. The highest BCUT2D eigenvalue weighted by Crippen LogP contribution is 2.25. The Kier molecular flexibility index (Phi) is 4.77. The van der Waals surface area contributed by atoms with Gasteiger partial charge in [0.05, 0.1) is 11.8 Å². The van der Waals surface area contributed by atoms with Crippen molar-refractivity contribution in [1.82, 2.24) is 10.5 Å². The molecule has 1 saturated carbocycles. The van der Waals surface area contributed by atoms with Gasteiger partial charge in [-0.1, -0.05) is 5.16 Å². The summed E-state index contributed by atoms with van der Waals surface area (Å²) in [5.74, 6) is 0.593. The Morgan fingerprint density at radius 2 is 2.20 bits per heavy atom. The van der Waals surface area contributed by atoms with Crippen molar-refractivity contribution in [3.8, 4) is 0 Å². The van der Waals surface area contributed by atoms with E-state index >= 15 is 0 Å². The first-order valence-electron chi connectivity index (χ1n) is 7.01. The number of rotatable bonds is 5. The lowest BCUT2D eigenvalue weighted by atomic mass is 10.1. The van der Waals surface area contributed by atoms with E-state index in [1.165, 1.54) is 0 Å². The number of amides is 1. The number of carbonyl (C=O) groups excluding carboxylic acids is 1. The van der Waals surface area contributed by atoms with Gasteiger partial charge in [-0.3, -0.25) is 4.79 Å². The van der Waals surface area contributed by atoms with Gasteiger partial charge in [0.15, 0.2) is 0 Å². The molecule has 1 aromatic rings. The van der Waals surface area contributed by atoms with Crippen LogP contribution in [0.1, 0.15) is 36.3 Å². The van der Waals surface area contributed by atoms with Gasteiger partial charge < -0.3 is 20.1 Å². The summed E-state index contributed by atoms with van der Waals surface area (Å²) in [5.41, 5.74) is 1.81. The van der Waals surface area contributed by atoms with Gasteiger partial charge in [-0.2, -0.15) is 0 Å². The maximum Gasteiger partial charge on any atom is 0.220 e. The zero-order chi connectivity index (χ0) is 14.7. The Morgan fingerprint density at radius 3 is 2.75 bits per heavy atom. The molecule has 0 aliphatic heterocycles. The van der Waals surface area contributed by atoms with Crippen molar-refractivity contribution in [3.63, 3.8) is 0 Å². The maximum absolute atomic E-state index is 11.9. The monoisotopic (exact) mass is 282 g/mol. The summed E-state index contributed by atoms with van der Waals surface area (Å²) in [4.78, 5) is 11.9. The molecular formula is C14H22N2O4. The molecule has 112 valence electrons. The van der Waals surface area contributed by atoms with Crippen molar-refractivity contribution in [1.29, 1.82) is 0 Å². The third kappa shape index (κ3) is 3.37. The van der Waals surface area contributed by atoms with Gasteiger partial charge in [0.25, 0.3) is 0 Å². The second-order valence-electron chi connectivity index (χ2n) is 5.55. The number of hydrogen-bond acceptors (Lipinski definition) is 5. The average molecular weight is 282 g/mol. The number of aryl methyl sites for hydroxylation is 2. The predicted octanol–water partition coefficient (Wildman–Crippen LogP) is 0.472. The summed E-state index contributed by atoms with van der Waals surface area (Å²) in [7, 11) is 0. The van der Waals surface area contributed by atoms with Gasteiger partial charge in [-0.15, -0.1) is 0 Å². The molecule has 6 nitrogen and oxygen atoms in total. The molecule has 2 rings (SSSR count). The third-order valence-electron chi connectivity index (χ3n) is 4.04. The van der Waals surface area contributed by atoms with E-state index in [0.717, 1.165) is 17.0 Å². The highest BCUT2D eigenvalue weighted by Gasteiger charge is 2.33. The first-order chi connectivity index (χ1) is 9.51. The SMILES string of the molecule is Cc1noc(C)c1CCC(=O)N[C@H]1C[C@@H](CO)[C@H](O)C1. The van der Waals surface area contributed by atoms with Crippen LogP contribution in [0, 0.1) is 19.8 Å². The number of nitrogens with one attached hydrogen (secondary N) is 1. The number of aliphatic hydroxyl groups excluding tert-OH is 2. The molecule has 0 spiro atoms. The van der Waals surface area contributed by atoms with E-state index in [1.807, 2.05) is 13.8 Å². The lowest BCUT2D eigenvalue weighted by Gasteiger charge is -2.12. The third-order valence-corrected chi connectivity index (χ3v) is 4.04. The Bertz CT molecular complexity index is 452. The molecule has 0 unspecified atom stereocenters. The number of nitrogens with zero attached hydrogens (tertiary/aromatic N) is 1. The van der Waals surface area contributed by atoms with Crippen LogP contribution in [0.4, 0.5) is 0 Å². The van der Waals surface area contributed by atoms with Gasteiger partial charge in [0.2, 0.25) is 5.91 Å². The Balaban J connectivity index is 1.79. The minimum atomic E-state index is -0.520. The lowest BCUT2D eigenvalue weighted by molar-refractivity contribution is -0.121. The van der Waals surface area contributed by atoms with Crippen molar-refractivity contribution in [2.45, 2.75) is 51.7 Å². The van der Waals surface area contributed by atoms with Crippen molar-refractivity contribution in [3.05, 3.63) is 17.0 Å².